The number of methoxy groups -OCH3 is 2. The van der Waals surface area contributed by atoms with Crippen LogP contribution in [0.3, 0.4) is 0 Å². The number of esters is 1. The minimum atomic E-state index is -0.289. The molecule has 0 N–H and O–H groups in total. The molecule has 0 spiro atoms. The number of ether oxygens (including phenoxy) is 2. The number of hydrogen-bond donors (Lipinski definition) is 0. The minimum absolute atomic E-state index is 0.206. The van der Waals surface area contributed by atoms with Crippen molar-refractivity contribution in [3.63, 3.8) is 0 Å². The molecule has 0 bridgehead atoms. The first-order valence-corrected chi connectivity index (χ1v) is 5.59. The SMILES string of the molecule is COC(=O)C/C=C(\C)N=C(OC)c1ccccc1. The Bertz CT molecular complexity index is 449. The predicted octanol–water partition coefficient (Wildman–Crippen LogP) is 2.55. The maximum atomic E-state index is 11.0. The molecule has 96 valence electrons. The monoisotopic (exact) mass is 247 g/mol. The number of benzene rings is 1. The third-order valence-electron chi connectivity index (χ3n) is 2.28. The van der Waals surface area contributed by atoms with Crippen LogP contribution in [0.2, 0.25) is 0 Å². The van der Waals surface area contributed by atoms with Gasteiger partial charge in [-0.25, -0.2) is 4.99 Å². The predicted molar refractivity (Wildman–Crippen MR) is 70.4 cm³/mol. The number of carbonyl (C=O) groups excluding carboxylic acids is 1. The molecule has 0 fully saturated rings. The second-order valence-electron chi connectivity index (χ2n) is 3.61. The van der Waals surface area contributed by atoms with Gasteiger partial charge in [0.1, 0.15) is 0 Å². The van der Waals surface area contributed by atoms with Gasteiger partial charge in [0, 0.05) is 11.3 Å². The van der Waals surface area contributed by atoms with Crippen LogP contribution in [-0.4, -0.2) is 26.1 Å². The van der Waals surface area contributed by atoms with E-state index in [1.165, 1.54) is 7.11 Å². The van der Waals surface area contributed by atoms with Gasteiger partial charge in [-0.1, -0.05) is 24.3 Å². The molecule has 1 rings (SSSR count). The van der Waals surface area contributed by atoms with Crippen molar-refractivity contribution in [1.29, 1.82) is 0 Å². The summed E-state index contributed by atoms with van der Waals surface area (Å²) in [6.07, 6.45) is 1.91. The van der Waals surface area contributed by atoms with E-state index in [1.54, 1.807) is 13.2 Å². The molecule has 0 saturated heterocycles. The Morgan fingerprint density at radius 1 is 1.22 bits per heavy atom. The van der Waals surface area contributed by atoms with Crippen molar-refractivity contribution in [2.24, 2.45) is 4.99 Å². The van der Waals surface area contributed by atoms with Crippen molar-refractivity contribution >= 4 is 11.9 Å². The summed E-state index contributed by atoms with van der Waals surface area (Å²) in [5.41, 5.74) is 1.60. The lowest BCUT2D eigenvalue weighted by Gasteiger charge is -2.05. The van der Waals surface area contributed by atoms with Gasteiger partial charge in [0.2, 0.25) is 5.90 Å². The van der Waals surface area contributed by atoms with E-state index in [4.69, 9.17) is 4.74 Å². The summed E-state index contributed by atoms with van der Waals surface area (Å²) in [6, 6.07) is 9.58. The molecule has 0 aromatic heterocycles. The third-order valence-corrected chi connectivity index (χ3v) is 2.28. The average Bonchev–Trinajstić information content (AvgIpc) is 2.43. The molecule has 0 unspecified atom stereocenters. The van der Waals surface area contributed by atoms with Gasteiger partial charge in [-0.3, -0.25) is 4.79 Å². The molecule has 0 amide bonds. The van der Waals surface area contributed by atoms with Crippen LogP contribution in [0.15, 0.2) is 47.1 Å². The normalized spacial score (nSPS) is 12.2. The van der Waals surface area contributed by atoms with Crippen molar-refractivity contribution in [3.05, 3.63) is 47.7 Å². The summed E-state index contributed by atoms with van der Waals surface area (Å²) >= 11 is 0. The fraction of sp³-hybridized carbons (Fsp3) is 0.286. The topological polar surface area (TPSA) is 47.9 Å². The zero-order valence-corrected chi connectivity index (χ0v) is 10.8. The molecule has 1 aromatic rings. The molecule has 4 nitrogen and oxygen atoms in total. The largest absolute Gasteiger partial charge is 0.481 e. The maximum Gasteiger partial charge on any atom is 0.309 e. The highest BCUT2D eigenvalue weighted by Crippen LogP contribution is 2.06. The van der Waals surface area contributed by atoms with Crippen LogP contribution in [0.4, 0.5) is 0 Å². The van der Waals surface area contributed by atoms with Crippen molar-refractivity contribution < 1.29 is 14.3 Å². The molecule has 0 aliphatic carbocycles. The van der Waals surface area contributed by atoms with Gasteiger partial charge < -0.3 is 9.47 Å². The van der Waals surface area contributed by atoms with Crippen LogP contribution in [-0.2, 0) is 14.3 Å². The van der Waals surface area contributed by atoms with E-state index in [1.807, 2.05) is 37.3 Å². The molecule has 4 heteroatoms. The van der Waals surface area contributed by atoms with E-state index in [0.717, 1.165) is 5.56 Å². The van der Waals surface area contributed by atoms with Crippen LogP contribution in [0.25, 0.3) is 0 Å². The van der Waals surface area contributed by atoms with Crippen LogP contribution < -0.4 is 0 Å². The van der Waals surface area contributed by atoms with Crippen molar-refractivity contribution in [2.45, 2.75) is 13.3 Å². The average molecular weight is 247 g/mol. The van der Waals surface area contributed by atoms with Gasteiger partial charge in [-0.05, 0) is 19.1 Å². The quantitative estimate of drug-likeness (QED) is 0.466. The van der Waals surface area contributed by atoms with Gasteiger partial charge >= 0.3 is 5.97 Å². The Hall–Kier alpha value is -2.10. The highest BCUT2D eigenvalue weighted by Gasteiger charge is 2.02. The molecule has 1 aromatic carbocycles. The molecule has 18 heavy (non-hydrogen) atoms. The van der Waals surface area contributed by atoms with Crippen LogP contribution in [0.1, 0.15) is 18.9 Å². The molecular weight excluding hydrogens is 230 g/mol. The Morgan fingerprint density at radius 3 is 2.44 bits per heavy atom. The number of nitrogens with zero attached hydrogens (tertiary/aromatic N) is 1. The molecule has 0 radical (unpaired) electrons. The van der Waals surface area contributed by atoms with Crippen LogP contribution in [0, 0.1) is 0 Å². The number of hydrogen-bond acceptors (Lipinski definition) is 4. The van der Waals surface area contributed by atoms with Gasteiger partial charge in [-0.2, -0.15) is 0 Å². The summed E-state index contributed by atoms with van der Waals surface area (Å²) in [6.45, 7) is 1.81. The lowest BCUT2D eigenvalue weighted by molar-refractivity contribution is -0.139. The highest BCUT2D eigenvalue weighted by atomic mass is 16.5. The van der Waals surface area contributed by atoms with Crippen molar-refractivity contribution in [3.8, 4) is 0 Å². The lowest BCUT2D eigenvalue weighted by Crippen LogP contribution is -2.03. The van der Waals surface area contributed by atoms with Gasteiger partial charge in [-0.15, -0.1) is 0 Å². The Balaban J connectivity index is 2.82. The number of aliphatic imine (C=N–C) groups is 1. The van der Waals surface area contributed by atoms with Gasteiger partial charge in [0.25, 0.3) is 0 Å². The van der Waals surface area contributed by atoms with E-state index in [2.05, 4.69) is 9.73 Å². The first-order chi connectivity index (χ1) is 8.67. The second kappa shape index (κ2) is 7.27. The Kier molecular flexibility index (Phi) is 5.64. The highest BCUT2D eigenvalue weighted by molar-refractivity contribution is 5.94. The van der Waals surface area contributed by atoms with Gasteiger partial charge in [0.15, 0.2) is 0 Å². The minimum Gasteiger partial charge on any atom is -0.481 e. The van der Waals surface area contributed by atoms with E-state index < -0.39 is 0 Å². The molecule has 0 aliphatic heterocycles. The first kappa shape index (κ1) is 14.0. The summed E-state index contributed by atoms with van der Waals surface area (Å²) in [5, 5.41) is 0. The molecule has 0 heterocycles. The maximum absolute atomic E-state index is 11.0. The second-order valence-corrected chi connectivity index (χ2v) is 3.61. The molecule has 0 atom stereocenters. The smallest absolute Gasteiger partial charge is 0.309 e. The van der Waals surface area contributed by atoms with E-state index in [0.29, 0.717) is 11.6 Å². The molecule has 0 aliphatic rings. The van der Waals surface area contributed by atoms with Crippen LogP contribution >= 0.6 is 0 Å². The summed E-state index contributed by atoms with van der Waals surface area (Å²) in [7, 11) is 2.93. The number of rotatable bonds is 4. The Morgan fingerprint density at radius 2 is 1.89 bits per heavy atom. The van der Waals surface area contributed by atoms with E-state index >= 15 is 0 Å². The fourth-order valence-corrected chi connectivity index (χ4v) is 1.33. The third kappa shape index (κ3) is 4.41. The zero-order valence-electron chi connectivity index (χ0n) is 10.8. The van der Waals surface area contributed by atoms with Gasteiger partial charge in [0.05, 0.1) is 20.6 Å². The first-order valence-electron chi connectivity index (χ1n) is 5.59. The molecule has 0 saturated carbocycles. The standard InChI is InChI=1S/C14H17NO3/c1-11(9-10-13(16)17-2)15-14(18-3)12-7-5-4-6-8-12/h4-9H,10H2,1-3H3/b11-9+,15-14?. The van der Waals surface area contributed by atoms with Crippen molar-refractivity contribution in [1.82, 2.24) is 0 Å². The number of allylic oxidation sites excluding steroid dienone is 1. The lowest BCUT2D eigenvalue weighted by atomic mass is 10.2. The van der Waals surface area contributed by atoms with Crippen molar-refractivity contribution in [2.75, 3.05) is 14.2 Å². The number of carbonyl (C=O) groups is 1. The fourth-order valence-electron chi connectivity index (χ4n) is 1.33. The molecular formula is C14H17NO3. The zero-order chi connectivity index (χ0) is 13.4. The van der Waals surface area contributed by atoms with E-state index in [-0.39, 0.29) is 12.4 Å². The summed E-state index contributed by atoms with van der Waals surface area (Å²) in [4.78, 5) is 15.3. The summed E-state index contributed by atoms with van der Waals surface area (Å²) in [5.74, 6) is 0.234. The Labute approximate surface area is 107 Å². The van der Waals surface area contributed by atoms with Crippen LogP contribution in [0.5, 0.6) is 0 Å². The summed E-state index contributed by atoms with van der Waals surface area (Å²) < 4.78 is 9.79. The van der Waals surface area contributed by atoms with E-state index in [9.17, 15) is 4.79 Å².